The van der Waals surface area contributed by atoms with Crippen molar-refractivity contribution in [1.29, 1.82) is 0 Å². The molecule has 1 aromatic rings. The number of allylic oxidation sites excluding steroid dienone is 4. The molecule has 0 fully saturated rings. The first-order chi connectivity index (χ1) is 14.3. The molecule has 5 nitrogen and oxygen atoms in total. The maximum atomic E-state index is 14.2. The van der Waals surface area contributed by atoms with Crippen LogP contribution >= 0.6 is 7.14 Å². The van der Waals surface area contributed by atoms with Crippen LogP contribution in [-0.2, 0) is 18.9 Å². The predicted molar refractivity (Wildman–Crippen MR) is 124 cm³/mol. The SMILES string of the molecule is COC(=O)CCP(=O)(C(=O)C1=C(C)C=C(C)C(C)C1C)C(=O)c1c(C)cc(C)cc1C. The predicted octanol–water partition coefficient (Wildman–Crippen LogP) is 5.75. The Labute approximate surface area is 185 Å². The molecule has 0 N–H and O–H groups in total. The summed E-state index contributed by atoms with van der Waals surface area (Å²) < 4.78 is 18.9. The summed E-state index contributed by atoms with van der Waals surface area (Å²) >= 11 is 0. The minimum absolute atomic E-state index is 0.0923. The smallest absolute Gasteiger partial charge is 0.306 e. The third-order valence-corrected chi connectivity index (χ3v) is 9.06. The quantitative estimate of drug-likeness (QED) is 0.395. The molecule has 1 aliphatic rings. The Kier molecular flexibility index (Phi) is 7.65. The number of ether oxygens (including phenoxy) is 1. The number of aryl methyl sites for hydroxylation is 3. The zero-order valence-electron chi connectivity index (χ0n) is 19.8. The normalized spacial score (nSPS) is 20.7. The van der Waals surface area contributed by atoms with Crippen LogP contribution in [0.3, 0.4) is 0 Å². The van der Waals surface area contributed by atoms with E-state index in [9.17, 15) is 18.9 Å². The van der Waals surface area contributed by atoms with E-state index in [0.717, 1.165) is 16.7 Å². The molecular formula is C25H33O5P. The Hall–Kier alpha value is -2.26. The first-order valence-corrected chi connectivity index (χ1v) is 12.5. The van der Waals surface area contributed by atoms with Crippen LogP contribution in [-0.4, -0.2) is 30.3 Å². The molecule has 0 heterocycles. The van der Waals surface area contributed by atoms with Crippen LogP contribution in [0.1, 0.15) is 61.2 Å². The van der Waals surface area contributed by atoms with Gasteiger partial charge in [0.05, 0.1) is 13.5 Å². The molecule has 3 atom stereocenters. The van der Waals surface area contributed by atoms with Crippen molar-refractivity contribution in [2.24, 2.45) is 11.8 Å². The lowest BCUT2D eigenvalue weighted by Gasteiger charge is -2.31. The standard InChI is InChI=1S/C25H33O5P/c1-14-11-16(3)22(17(4)12-14)24(27)31(29,10-9-21(26)30-8)25(28)23-18(5)13-15(2)19(6)20(23)7/h11-13,19-20H,9-10H2,1-8H3. The van der Waals surface area contributed by atoms with Crippen LogP contribution in [0.4, 0.5) is 0 Å². The summed E-state index contributed by atoms with van der Waals surface area (Å²) in [6.45, 7) is 13.3. The van der Waals surface area contributed by atoms with Crippen molar-refractivity contribution in [3.05, 3.63) is 57.2 Å². The van der Waals surface area contributed by atoms with Gasteiger partial charge in [-0.05, 0) is 63.2 Å². The van der Waals surface area contributed by atoms with Crippen LogP contribution in [0.25, 0.3) is 0 Å². The summed E-state index contributed by atoms with van der Waals surface area (Å²) in [7, 11) is -2.88. The summed E-state index contributed by atoms with van der Waals surface area (Å²) in [5.74, 6) is -0.670. The number of rotatable bonds is 7. The highest BCUT2D eigenvalue weighted by Gasteiger charge is 2.45. The minimum atomic E-state index is -4.11. The molecule has 0 aromatic heterocycles. The molecule has 1 aliphatic carbocycles. The first kappa shape index (κ1) is 25.0. The van der Waals surface area contributed by atoms with Gasteiger partial charge < -0.3 is 9.30 Å². The number of hydrogen-bond donors (Lipinski definition) is 0. The van der Waals surface area contributed by atoms with Crippen LogP contribution in [0, 0.1) is 32.6 Å². The zero-order chi connectivity index (χ0) is 23.7. The number of carbonyl (C=O) groups excluding carboxylic acids is 3. The second-order valence-electron chi connectivity index (χ2n) is 8.74. The molecule has 0 bridgehead atoms. The Balaban J connectivity index is 2.66. The highest BCUT2D eigenvalue weighted by atomic mass is 31.2. The Morgan fingerprint density at radius 3 is 2.00 bits per heavy atom. The Morgan fingerprint density at radius 2 is 1.48 bits per heavy atom. The average molecular weight is 445 g/mol. The van der Waals surface area contributed by atoms with E-state index < -0.39 is 24.2 Å². The van der Waals surface area contributed by atoms with Crippen LogP contribution in [0.15, 0.2) is 34.9 Å². The third kappa shape index (κ3) is 4.82. The molecule has 2 rings (SSSR count). The fourth-order valence-electron chi connectivity index (χ4n) is 4.46. The number of carbonyl (C=O) groups is 3. The van der Waals surface area contributed by atoms with E-state index in [1.165, 1.54) is 7.11 Å². The van der Waals surface area contributed by atoms with Crippen molar-refractivity contribution >= 4 is 24.2 Å². The fourth-order valence-corrected chi connectivity index (χ4v) is 7.03. The largest absolute Gasteiger partial charge is 0.469 e. The highest BCUT2D eigenvalue weighted by Crippen LogP contribution is 2.55. The molecule has 6 heteroatoms. The molecule has 0 spiro atoms. The van der Waals surface area contributed by atoms with E-state index in [1.54, 1.807) is 13.8 Å². The maximum absolute atomic E-state index is 14.2. The molecule has 168 valence electrons. The first-order valence-electron chi connectivity index (χ1n) is 10.6. The van der Waals surface area contributed by atoms with E-state index in [-0.39, 0.29) is 24.4 Å². The van der Waals surface area contributed by atoms with E-state index in [2.05, 4.69) is 4.74 Å². The molecule has 0 saturated heterocycles. The second-order valence-corrected chi connectivity index (χ2v) is 11.5. The van der Waals surface area contributed by atoms with Crippen molar-refractivity contribution < 1.29 is 23.7 Å². The van der Waals surface area contributed by atoms with Crippen molar-refractivity contribution in [2.45, 2.75) is 54.9 Å². The molecule has 0 amide bonds. The number of esters is 1. The lowest BCUT2D eigenvalue weighted by molar-refractivity contribution is -0.140. The number of methoxy groups -OCH3 is 1. The summed E-state index contributed by atoms with van der Waals surface area (Å²) in [6.07, 6.45) is 1.35. The summed E-state index contributed by atoms with van der Waals surface area (Å²) in [6, 6.07) is 3.69. The van der Waals surface area contributed by atoms with Gasteiger partial charge in [-0.3, -0.25) is 14.4 Å². The molecule has 0 radical (unpaired) electrons. The number of benzene rings is 1. The van der Waals surface area contributed by atoms with Gasteiger partial charge in [-0.25, -0.2) is 0 Å². The van der Waals surface area contributed by atoms with E-state index in [0.29, 0.717) is 22.3 Å². The summed E-state index contributed by atoms with van der Waals surface area (Å²) in [4.78, 5) is 39.3. The van der Waals surface area contributed by atoms with Gasteiger partial charge in [-0.1, -0.05) is 43.2 Å². The van der Waals surface area contributed by atoms with Crippen molar-refractivity contribution in [3.63, 3.8) is 0 Å². The fraction of sp³-hybridized carbons (Fsp3) is 0.480. The lowest BCUT2D eigenvalue weighted by atomic mass is 9.78. The highest BCUT2D eigenvalue weighted by molar-refractivity contribution is 7.95. The van der Waals surface area contributed by atoms with Gasteiger partial charge >= 0.3 is 5.97 Å². The summed E-state index contributed by atoms with van der Waals surface area (Å²) in [5.41, 5.74) is 3.68. The molecular weight excluding hydrogens is 411 g/mol. The molecule has 3 unspecified atom stereocenters. The van der Waals surface area contributed by atoms with Crippen molar-refractivity contribution in [3.8, 4) is 0 Å². The van der Waals surface area contributed by atoms with Gasteiger partial charge in [-0.2, -0.15) is 0 Å². The topological polar surface area (TPSA) is 77.5 Å². The van der Waals surface area contributed by atoms with E-state index in [1.807, 2.05) is 52.8 Å². The van der Waals surface area contributed by atoms with Gasteiger partial charge in [0, 0.05) is 17.3 Å². The molecule has 1 aromatic carbocycles. The molecule has 31 heavy (non-hydrogen) atoms. The van der Waals surface area contributed by atoms with Crippen LogP contribution < -0.4 is 0 Å². The van der Waals surface area contributed by atoms with E-state index >= 15 is 0 Å². The van der Waals surface area contributed by atoms with Crippen molar-refractivity contribution in [1.82, 2.24) is 0 Å². The Bertz CT molecular complexity index is 1020. The van der Waals surface area contributed by atoms with Crippen LogP contribution in [0.2, 0.25) is 0 Å². The summed E-state index contributed by atoms with van der Waals surface area (Å²) in [5, 5.41) is 0. The third-order valence-electron chi connectivity index (χ3n) is 6.43. The average Bonchev–Trinajstić information content (AvgIpc) is 2.68. The maximum Gasteiger partial charge on any atom is 0.306 e. The second kappa shape index (κ2) is 9.48. The van der Waals surface area contributed by atoms with Gasteiger partial charge in [-0.15, -0.1) is 0 Å². The zero-order valence-corrected chi connectivity index (χ0v) is 20.7. The molecule has 0 aliphatic heterocycles. The number of hydrogen-bond acceptors (Lipinski definition) is 5. The van der Waals surface area contributed by atoms with Gasteiger partial charge in [0.1, 0.15) is 0 Å². The van der Waals surface area contributed by atoms with Gasteiger partial charge in [0.2, 0.25) is 18.2 Å². The van der Waals surface area contributed by atoms with Crippen LogP contribution in [0.5, 0.6) is 0 Å². The molecule has 0 saturated carbocycles. The Morgan fingerprint density at radius 1 is 0.935 bits per heavy atom. The van der Waals surface area contributed by atoms with Crippen molar-refractivity contribution in [2.75, 3.05) is 13.3 Å². The van der Waals surface area contributed by atoms with Gasteiger partial charge in [0.25, 0.3) is 0 Å². The van der Waals surface area contributed by atoms with E-state index in [4.69, 9.17) is 0 Å². The minimum Gasteiger partial charge on any atom is -0.469 e. The van der Waals surface area contributed by atoms with Gasteiger partial charge in [0.15, 0.2) is 0 Å². The lowest BCUT2D eigenvalue weighted by Crippen LogP contribution is -2.26. The monoisotopic (exact) mass is 444 g/mol.